The van der Waals surface area contributed by atoms with Gasteiger partial charge >= 0.3 is 35.8 Å². The average Bonchev–Trinajstić information content (AvgIpc) is 4.13. The number of rotatable bonds is 29. The zero-order valence-electron chi connectivity index (χ0n) is 42.0. The van der Waals surface area contributed by atoms with Crippen LogP contribution in [0.3, 0.4) is 0 Å². The number of carbonyl (C=O) groups excluding carboxylic acids is 6. The molecule has 1 aromatic carbocycles. The van der Waals surface area contributed by atoms with Gasteiger partial charge in [0.2, 0.25) is 0 Å². The first-order chi connectivity index (χ1) is 35.9. The van der Waals surface area contributed by atoms with Crippen molar-refractivity contribution < 1.29 is 66.7 Å². The maximum atomic E-state index is 13.7. The van der Waals surface area contributed by atoms with Gasteiger partial charge in [-0.3, -0.25) is 19.2 Å². The Balaban J connectivity index is 0.910. The number of benzene rings is 1. The lowest BCUT2D eigenvalue weighted by atomic mass is 9.82. The number of aromatic nitrogens is 1. The van der Waals surface area contributed by atoms with Gasteiger partial charge in [-0.2, -0.15) is 0 Å². The number of fused-ring (bicyclic) bond motifs is 1. The first-order valence-corrected chi connectivity index (χ1v) is 27.2. The molecule has 0 N–H and O–H groups in total. The van der Waals surface area contributed by atoms with Gasteiger partial charge in [0, 0.05) is 18.6 Å². The minimum atomic E-state index is -0.438. The molecule has 0 saturated heterocycles. The highest BCUT2D eigenvalue weighted by Crippen LogP contribution is 2.43. The van der Waals surface area contributed by atoms with Crippen molar-refractivity contribution in [3.8, 4) is 21.4 Å². The van der Waals surface area contributed by atoms with Gasteiger partial charge in [0.05, 0.1) is 55.0 Å². The second-order valence-electron chi connectivity index (χ2n) is 18.3. The van der Waals surface area contributed by atoms with Crippen LogP contribution in [0.25, 0.3) is 20.1 Å². The van der Waals surface area contributed by atoms with E-state index in [0.29, 0.717) is 111 Å². The number of hydrogen-bond acceptors (Lipinski definition) is 17. The molecule has 15 nitrogen and oxygen atoms in total. The van der Waals surface area contributed by atoms with Crippen LogP contribution in [-0.4, -0.2) is 73.3 Å². The van der Waals surface area contributed by atoms with E-state index in [1.54, 1.807) is 18.2 Å². The zero-order chi connectivity index (χ0) is 52.7. The monoisotopic (exact) mass is 1050 g/mol. The molecule has 0 spiro atoms. The molecule has 2 heterocycles. The Morgan fingerprint density at radius 2 is 1.15 bits per heavy atom. The van der Waals surface area contributed by atoms with Crippen LogP contribution in [0.1, 0.15) is 109 Å². The van der Waals surface area contributed by atoms with Gasteiger partial charge in [-0.25, -0.2) is 14.6 Å². The summed E-state index contributed by atoms with van der Waals surface area (Å²) in [6.07, 6.45) is 21.7. The number of ether oxygens (including phenoxy) is 8. The molecule has 0 aliphatic heterocycles. The summed E-state index contributed by atoms with van der Waals surface area (Å²) >= 11 is 2.86. The molecule has 2 saturated carbocycles. The Morgan fingerprint density at radius 3 is 1.70 bits per heavy atom. The number of hydrogen-bond donors (Lipinski definition) is 0. The quantitative estimate of drug-likeness (QED) is 0.0121. The van der Waals surface area contributed by atoms with Crippen molar-refractivity contribution in [2.24, 2.45) is 23.7 Å². The van der Waals surface area contributed by atoms with Crippen LogP contribution in [0.4, 0.5) is 0 Å². The van der Waals surface area contributed by atoms with E-state index >= 15 is 0 Å². The maximum Gasteiger partial charge on any atom is 0.330 e. The number of thiophene rings is 1. The summed E-state index contributed by atoms with van der Waals surface area (Å²) in [5.74, 6) is -2.07. The van der Waals surface area contributed by atoms with E-state index in [0.717, 1.165) is 74.2 Å². The van der Waals surface area contributed by atoms with Crippen LogP contribution < -0.4 is 9.47 Å². The lowest BCUT2D eigenvalue weighted by Crippen LogP contribution is -2.31. The normalized spacial score (nSPS) is 19.4. The molecule has 396 valence electrons. The fourth-order valence-electron chi connectivity index (χ4n) is 8.62. The lowest BCUT2D eigenvalue weighted by Gasteiger charge is -2.27. The topological polar surface area (TPSA) is 189 Å². The van der Waals surface area contributed by atoms with E-state index in [9.17, 15) is 28.8 Å². The van der Waals surface area contributed by atoms with E-state index in [2.05, 4.69) is 26.3 Å². The van der Waals surface area contributed by atoms with E-state index in [1.807, 2.05) is 35.7 Å². The van der Waals surface area contributed by atoms with Gasteiger partial charge in [-0.15, -0.1) is 22.7 Å². The second-order valence-corrected chi connectivity index (χ2v) is 20.3. The van der Waals surface area contributed by atoms with Crippen molar-refractivity contribution in [1.82, 2.24) is 4.98 Å². The van der Waals surface area contributed by atoms with E-state index in [4.69, 9.17) is 42.9 Å². The smallest absolute Gasteiger partial charge is 0.330 e. The number of allylic oxidation sites excluding steroid dienone is 3. The largest absolute Gasteiger partial charge is 0.494 e. The van der Waals surface area contributed by atoms with Crippen LogP contribution >= 0.6 is 22.7 Å². The van der Waals surface area contributed by atoms with Gasteiger partial charge in [-0.1, -0.05) is 32.4 Å². The molecule has 2 fully saturated rings. The summed E-state index contributed by atoms with van der Waals surface area (Å²) < 4.78 is 45.4. The fourth-order valence-corrected chi connectivity index (χ4v) is 10.4. The summed E-state index contributed by atoms with van der Waals surface area (Å²) in [7, 11) is 0. The molecule has 74 heavy (non-hydrogen) atoms. The van der Waals surface area contributed by atoms with Gasteiger partial charge in [0.25, 0.3) is 0 Å². The Bertz CT molecular complexity index is 2540. The molecule has 0 bridgehead atoms. The van der Waals surface area contributed by atoms with Crippen molar-refractivity contribution in [2.45, 2.75) is 115 Å². The fraction of sp³-hybridized carbons (Fsp3) is 0.456. The van der Waals surface area contributed by atoms with Gasteiger partial charge in [-0.05, 0) is 157 Å². The van der Waals surface area contributed by atoms with E-state index in [1.165, 1.54) is 28.7 Å². The molecule has 1 unspecified atom stereocenters. The minimum absolute atomic E-state index is 0.154. The molecule has 1 atom stereocenters. The molecule has 0 amide bonds. The molecule has 3 aliphatic carbocycles. The van der Waals surface area contributed by atoms with Crippen LogP contribution in [-0.2, 0) is 57.2 Å². The number of carbonyl (C=O) groups is 6. The molecule has 3 aliphatic rings. The lowest BCUT2D eigenvalue weighted by molar-refractivity contribution is -0.155. The Labute approximate surface area is 440 Å². The Hall–Kier alpha value is -6.59. The number of thiazole rings is 1. The van der Waals surface area contributed by atoms with Crippen molar-refractivity contribution in [2.75, 3.05) is 26.4 Å². The predicted molar refractivity (Wildman–Crippen MR) is 281 cm³/mol. The summed E-state index contributed by atoms with van der Waals surface area (Å²) in [5.41, 5.74) is 0.409. The Kier molecular flexibility index (Phi) is 22.9. The number of unbranched alkanes of at least 4 members (excludes halogenated alkanes) is 6. The first-order valence-electron chi connectivity index (χ1n) is 25.5. The third-order valence-electron chi connectivity index (χ3n) is 12.8. The minimum Gasteiger partial charge on any atom is -0.494 e. The van der Waals surface area contributed by atoms with Crippen LogP contribution in [0.5, 0.6) is 11.5 Å². The van der Waals surface area contributed by atoms with E-state index in [-0.39, 0.29) is 29.5 Å². The van der Waals surface area contributed by atoms with Crippen molar-refractivity contribution in [3.63, 3.8) is 0 Å². The van der Waals surface area contributed by atoms with Crippen molar-refractivity contribution in [3.05, 3.63) is 116 Å². The van der Waals surface area contributed by atoms with E-state index < -0.39 is 47.6 Å². The molecule has 2 aromatic heterocycles. The summed E-state index contributed by atoms with van der Waals surface area (Å²) in [5, 5.41) is 2.64. The maximum absolute atomic E-state index is 13.7. The van der Waals surface area contributed by atoms with Crippen LogP contribution in [0.15, 0.2) is 116 Å². The molecule has 3 aromatic rings. The number of esters is 6. The molecule has 17 heteroatoms. The van der Waals surface area contributed by atoms with Crippen LogP contribution in [0, 0.1) is 23.7 Å². The first kappa shape index (κ1) is 56.7. The average molecular weight is 1050 g/mol. The number of nitrogens with zero attached hydrogens (tertiary/aromatic N) is 1. The Morgan fingerprint density at radius 1 is 0.622 bits per heavy atom. The molecular formula is C57H67NO14S2. The molecular weight excluding hydrogens is 987 g/mol. The molecule has 6 rings (SSSR count). The standard InChI is InChI=1S/C57H67NO14S2/c1-5-49(59)67-35-13-9-7-11-33-65-38(3)17-18-39(4)69-54(61)40-19-23-43(24-20-40)57(64)72-47-32-31-46(51-52(47)74-53(58-51)48-16-15-37-73-48)71-56(63)42-25-21-41(22-26-42)55(62)70-45-29-27-44(28-30-45)66-34-12-8-10-14-36-68-50(60)6-2/h5-6,15-18,27-29,31-32,37,40-43,45H,1-4,7-14,19-26,30,33-36H2. The van der Waals surface area contributed by atoms with Gasteiger partial charge < -0.3 is 37.9 Å². The highest BCUT2D eigenvalue weighted by molar-refractivity contribution is 7.25. The zero-order valence-corrected chi connectivity index (χ0v) is 43.6. The van der Waals surface area contributed by atoms with Crippen LogP contribution in [0.2, 0.25) is 0 Å². The highest BCUT2D eigenvalue weighted by Gasteiger charge is 2.35. The predicted octanol–water partition coefficient (Wildman–Crippen LogP) is 11.9. The summed E-state index contributed by atoms with van der Waals surface area (Å²) in [6, 6.07) is 7.10. The third-order valence-corrected chi connectivity index (χ3v) is 15.0. The third kappa shape index (κ3) is 18.1. The molecule has 0 radical (unpaired) electrons. The SMILES string of the molecule is C=CC(=O)OCCCCCCOC(=C)C=CC(=C)OC(=O)C1CCC(C(=O)Oc2ccc(OC(=O)C3CCC(C(=O)OC4C=CC(OCCCCCCOC(=O)C=C)=CC4)CC3)c3nc(-c4cccs4)sc23)CC1. The van der Waals surface area contributed by atoms with Gasteiger partial charge in [0.1, 0.15) is 38.6 Å². The van der Waals surface area contributed by atoms with Crippen molar-refractivity contribution in [1.29, 1.82) is 0 Å². The van der Waals surface area contributed by atoms with Crippen molar-refractivity contribution >= 4 is 68.7 Å². The summed E-state index contributed by atoms with van der Waals surface area (Å²) in [4.78, 5) is 81.5. The summed E-state index contributed by atoms with van der Waals surface area (Å²) in [6.45, 7) is 16.2. The van der Waals surface area contributed by atoms with Gasteiger partial charge in [0.15, 0.2) is 11.5 Å². The highest BCUT2D eigenvalue weighted by atomic mass is 32.1. The second kappa shape index (κ2) is 29.9.